The van der Waals surface area contributed by atoms with Gasteiger partial charge < -0.3 is 10.1 Å². The van der Waals surface area contributed by atoms with E-state index in [-0.39, 0.29) is 12.4 Å². The average molecular weight is 215 g/mol. The van der Waals surface area contributed by atoms with Crippen LogP contribution in [-0.4, -0.2) is 24.7 Å². The van der Waals surface area contributed by atoms with Crippen molar-refractivity contribution in [3.05, 3.63) is 12.4 Å². The molecule has 0 aromatic rings. The van der Waals surface area contributed by atoms with Crippen molar-refractivity contribution in [1.29, 1.82) is 0 Å². The van der Waals surface area contributed by atoms with Crippen molar-refractivity contribution in [3.63, 3.8) is 0 Å². The zero-order valence-corrected chi connectivity index (χ0v) is 9.52. The van der Waals surface area contributed by atoms with Crippen molar-refractivity contribution in [3.8, 4) is 0 Å². The summed E-state index contributed by atoms with van der Waals surface area (Å²) in [6.07, 6.45) is 0.0621. The summed E-state index contributed by atoms with van der Waals surface area (Å²) in [6.45, 7) is 9.58. The molecule has 1 aliphatic rings. The maximum atomic E-state index is 13.2. The molecule has 0 aromatic carbocycles. The molecule has 1 fully saturated rings. The van der Waals surface area contributed by atoms with Gasteiger partial charge in [0, 0.05) is 13.1 Å². The summed E-state index contributed by atoms with van der Waals surface area (Å²) in [4.78, 5) is 11.5. The fourth-order valence-electron chi connectivity index (χ4n) is 1.49. The number of hydrogen-bond donors (Lipinski definition) is 1. The third-order valence-corrected chi connectivity index (χ3v) is 2.40. The Morgan fingerprint density at radius 2 is 2.07 bits per heavy atom. The molecule has 0 spiro atoms. The Kier molecular flexibility index (Phi) is 3.19. The second-order valence-electron chi connectivity index (χ2n) is 5.05. The summed E-state index contributed by atoms with van der Waals surface area (Å²) in [5.41, 5.74) is -1.25. The minimum atomic E-state index is -0.734. The van der Waals surface area contributed by atoms with E-state index in [1.165, 1.54) is 0 Å². The van der Waals surface area contributed by atoms with Crippen LogP contribution in [0.25, 0.3) is 0 Å². The Morgan fingerprint density at radius 3 is 2.33 bits per heavy atom. The van der Waals surface area contributed by atoms with Gasteiger partial charge in [0.05, 0.1) is 11.8 Å². The van der Waals surface area contributed by atoms with E-state index in [1.54, 1.807) is 20.8 Å². The molecule has 0 unspecified atom stereocenters. The molecule has 15 heavy (non-hydrogen) atoms. The lowest BCUT2D eigenvalue weighted by molar-refractivity contribution is -0.158. The first-order valence-corrected chi connectivity index (χ1v) is 5.03. The van der Waals surface area contributed by atoms with E-state index in [1.807, 2.05) is 0 Å². The molecule has 0 saturated carbocycles. The molecule has 0 atom stereocenters. The normalized spacial score (nSPS) is 19.2. The maximum absolute atomic E-state index is 13.2. The number of nitrogens with one attached hydrogen (secondary N) is 1. The van der Waals surface area contributed by atoms with Crippen LogP contribution in [0, 0.1) is 5.41 Å². The maximum Gasteiger partial charge on any atom is 0.307 e. The molecule has 0 bridgehead atoms. The van der Waals surface area contributed by atoms with Gasteiger partial charge in [0.15, 0.2) is 0 Å². The molecule has 4 heteroatoms. The number of carbonyl (C=O) groups excluding carboxylic acids is 1. The van der Waals surface area contributed by atoms with Crippen LogP contribution in [0.1, 0.15) is 27.2 Å². The molecule has 1 rings (SSSR count). The van der Waals surface area contributed by atoms with Crippen LogP contribution in [0.15, 0.2) is 12.4 Å². The van der Waals surface area contributed by atoms with Gasteiger partial charge in [-0.25, -0.2) is 4.39 Å². The number of hydrogen-bond acceptors (Lipinski definition) is 3. The number of ether oxygens (including phenoxy) is 1. The van der Waals surface area contributed by atoms with Gasteiger partial charge in [-0.3, -0.25) is 4.79 Å². The lowest BCUT2D eigenvalue weighted by atomic mass is 9.78. The predicted molar refractivity (Wildman–Crippen MR) is 56.0 cm³/mol. The smallest absolute Gasteiger partial charge is 0.307 e. The molecule has 0 radical (unpaired) electrons. The number of esters is 1. The fraction of sp³-hybridized carbons (Fsp3) is 0.727. The van der Waals surface area contributed by atoms with Crippen molar-refractivity contribution in [2.75, 3.05) is 13.1 Å². The summed E-state index contributed by atoms with van der Waals surface area (Å²) in [5.74, 6) is -0.810. The summed E-state index contributed by atoms with van der Waals surface area (Å²) in [5, 5.41) is 2.94. The third-order valence-electron chi connectivity index (χ3n) is 2.40. The first-order valence-electron chi connectivity index (χ1n) is 5.03. The minimum absolute atomic E-state index is 0.0621. The largest absolute Gasteiger partial charge is 0.460 e. The quantitative estimate of drug-likeness (QED) is 0.729. The molecule has 0 aromatic heterocycles. The zero-order valence-electron chi connectivity index (χ0n) is 9.52. The van der Waals surface area contributed by atoms with E-state index >= 15 is 0 Å². The highest BCUT2D eigenvalue weighted by molar-refractivity contribution is 5.71. The molecule has 0 amide bonds. The van der Waals surface area contributed by atoms with Gasteiger partial charge >= 0.3 is 5.97 Å². The Bertz CT molecular complexity index is 277. The van der Waals surface area contributed by atoms with Crippen LogP contribution in [0.3, 0.4) is 0 Å². The summed E-state index contributed by atoms with van der Waals surface area (Å²) in [7, 11) is 0. The van der Waals surface area contributed by atoms with Crippen molar-refractivity contribution >= 4 is 5.97 Å². The van der Waals surface area contributed by atoms with Crippen LogP contribution < -0.4 is 5.32 Å². The summed E-state index contributed by atoms with van der Waals surface area (Å²) >= 11 is 0. The molecule has 0 aliphatic carbocycles. The minimum Gasteiger partial charge on any atom is -0.460 e. The highest BCUT2D eigenvalue weighted by Gasteiger charge is 2.43. The number of rotatable bonds is 3. The summed E-state index contributed by atoms with van der Waals surface area (Å²) < 4.78 is 18.3. The molecule has 1 heterocycles. The van der Waals surface area contributed by atoms with Crippen molar-refractivity contribution < 1.29 is 13.9 Å². The van der Waals surface area contributed by atoms with E-state index in [4.69, 9.17) is 4.74 Å². The van der Waals surface area contributed by atoms with Gasteiger partial charge in [-0.2, -0.15) is 0 Å². The summed E-state index contributed by atoms with van der Waals surface area (Å²) in [6, 6.07) is 0. The molecule has 1 N–H and O–H groups in total. The van der Waals surface area contributed by atoms with Crippen molar-refractivity contribution in [2.24, 2.45) is 5.41 Å². The fourth-order valence-corrected chi connectivity index (χ4v) is 1.49. The second-order valence-corrected chi connectivity index (χ2v) is 5.05. The Hall–Kier alpha value is -0.900. The lowest BCUT2D eigenvalue weighted by Crippen LogP contribution is -2.55. The van der Waals surface area contributed by atoms with Crippen LogP contribution in [0.2, 0.25) is 0 Å². The second kappa shape index (κ2) is 3.93. The Balaban J connectivity index is 2.54. The monoisotopic (exact) mass is 215 g/mol. The van der Waals surface area contributed by atoms with E-state index in [0.717, 1.165) is 0 Å². The van der Waals surface area contributed by atoms with Gasteiger partial charge in [0.25, 0.3) is 0 Å². The SMILES string of the molecule is C=C(F)C1(CC(=O)OC(C)(C)C)CNC1. The number of halogens is 1. The first-order chi connectivity index (χ1) is 6.75. The van der Waals surface area contributed by atoms with Gasteiger partial charge in [-0.1, -0.05) is 6.58 Å². The van der Waals surface area contributed by atoms with E-state index in [9.17, 15) is 9.18 Å². The highest BCUT2D eigenvalue weighted by atomic mass is 19.1. The molecular weight excluding hydrogens is 197 g/mol. The van der Waals surface area contributed by atoms with E-state index in [2.05, 4.69) is 11.9 Å². The molecule has 86 valence electrons. The van der Waals surface area contributed by atoms with Gasteiger partial charge in [-0.05, 0) is 20.8 Å². The third kappa shape index (κ3) is 3.02. The van der Waals surface area contributed by atoms with Gasteiger partial charge in [-0.15, -0.1) is 0 Å². The van der Waals surface area contributed by atoms with Gasteiger partial charge in [0.2, 0.25) is 0 Å². The predicted octanol–water partition coefficient (Wildman–Crippen LogP) is 1.79. The van der Waals surface area contributed by atoms with Crippen molar-refractivity contribution in [2.45, 2.75) is 32.8 Å². The molecule has 3 nitrogen and oxygen atoms in total. The molecule has 1 saturated heterocycles. The standard InChI is InChI=1S/C11H18FNO2/c1-8(12)11(6-13-7-11)5-9(14)15-10(2,3)4/h13H,1,5-7H2,2-4H3. The molecular formula is C11H18FNO2. The van der Waals surface area contributed by atoms with E-state index in [0.29, 0.717) is 13.1 Å². The van der Waals surface area contributed by atoms with Crippen LogP contribution in [-0.2, 0) is 9.53 Å². The van der Waals surface area contributed by atoms with Crippen molar-refractivity contribution in [1.82, 2.24) is 5.32 Å². The highest BCUT2D eigenvalue weighted by Crippen LogP contribution is 2.36. The Morgan fingerprint density at radius 1 is 1.53 bits per heavy atom. The van der Waals surface area contributed by atoms with E-state index < -0.39 is 16.8 Å². The first kappa shape index (κ1) is 12.2. The average Bonchev–Trinajstić information content (AvgIpc) is 1.92. The zero-order chi connectivity index (χ0) is 11.7. The molecule has 1 aliphatic heterocycles. The lowest BCUT2D eigenvalue weighted by Gasteiger charge is -2.40. The number of carbonyl (C=O) groups is 1. The topological polar surface area (TPSA) is 38.3 Å². The Labute approximate surface area is 89.7 Å². The van der Waals surface area contributed by atoms with Crippen LogP contribution >= 0.6 is 0 Å². The van der Waals surface area contributed by atoms with Crippen LogP contribution in [0.5, 0.6) is 0 Å². The van der Waals surface area contributed by atoms with Gasteiger partial charge in [0.1, 0.15) is 11.4 Å². The van der Waals surface area contributed by atoms with Crippen LogP contribution in [0.4, 0.5) is 4.39 Å².